The minimum absolute atomic E-state index is 0.0655. The highest BCUT2D eigenvalue weighted by Gasteiger charge is 2.20. The van der Waals surface area contributed by atoms with Crippen molar-refractivity contribution in [3.05, 3.63) is 87.0 Å². The molecule has 2 aromatic carbocycles. The summed E-state index contributed by atoms with van der Waals surface area (Å²) in [6.07, 6.45) is 2.25. The fourth-order valence-corrected chi connectivity index (χ4v) is 4.51. The van der Waals surface area contributed by atoms with E-state index in [2.05, 4.69) is 69.6 Å². The number of pyridine rings is 1. The zero-order valence-electron chi connectivity index (χ0n) is 19.7. The normalized spacial score (nSPS) is 16.0. The van der Waals surface area contributed by atoms with Crippen molar-refractivity contribution in [1.29, 1.82) is 0 Å². The second-order valence-electron chi connectivity index (χ2n) is 9.26. The summed E-state index contributed by atoms with van der Waals surface area (Å²) in [6, 6.07) is 16.5. The molecule has 8 nitrogen and oxygen atoms in total. The Hall–Kier alpha value is -3.36. The van der Waals surface area contributed by atoms with Crippen molar-refractivity contribution in [3.8, 4) is 0 Å². The van der Waals surface area contributed by atoms with Gasteiger partial charge in [0.1, 0.15) is 0 Å². The second kappa shape index (κ2) is 9.87. The van der Waals surface area contributed by atoms with Gasteiger partial charge in [0.25, 0.3) is 5.56 Å². The van der Waals surface area contributed by atoms with Gasteiger partial charge < -0.3 is 9.72 Å². The molecule has 1 aliphatic rings. The number of nitrogens with zero attached hydrogens (tertiary/aromatic N) is 5. The summed E-state index contributed by atoms with van der Waals surface area (Å²) in [5, 5.41) is 13.5. The fraction of sp³-hybridized carbons (Fsp3) is 0.385. The van der Waals surface area contributed by atoms with Gasteiger partial charge in [-0.05, 0) is 66.3 Å². The molecule has 1 aliphatic heterocycles. The lowest BCUT2D eigenvalue weighted by Gasteiger charge is -2.22. The van der Waals surface area contributed by atoms with Crippen LogP contribution in [0.5, 0.6) is 0 Å². The number of H-pyrrole nitrogens is 1. The Morgan fingerprint density at radius 3 is 2.68 bits per heavy atom. The molecule has 0 saturated carbocycles. The quantitative estimate of drug-likeness (QED) is 0.435. The van der Waals surface area contributed by atoms with E-state index in [0.717, 1.165) is 47.3 Å². The molecule has 0 bridgehead atoms. The van der Waals surface area contributed by atoms with Gasteiger partial charge in [-0.3, -0.25) is 9.69 Å². The molecule has 8 heteroatoms. The smallest absolute Gasteiger partial charge is 0.252 e. The maximum atomic E-state index is 12.9. The molecule has 1 atom stereocenters. The first-order chi connectivity index (χ1) is 16.5. The number of nitrogens with one attached hydrogen (secondary N) is 1. The van der Waals surface area contributed by atoms with E-state index in [1.807, 2.05) is 22.9 Å². The predicted molar refractivity (Wildman–Crippen MR) is 130 cm³/mol. The summed E-state index contributed by atoms with van der Waals surface area (Å²) in [4.78, 5) is 18.2. The Kier molecular flexibility index (Phi) is 6.51. The first-order valence-corrected chi connectivity index (χ1v) is 11.8. The molecular formula is C26H30N6O2. The minimum Gasteiger partial charge on any atom is -0.376 e. The molecule has 1 saturated heterocycles. The molecule has 0 aliphatic carbocycles. The molecule has 34 heavy (non-hydrogen) atoms. The van der Waals surface area contributed by atoms with Crippen LogP contribution in [0.4, 0.5) is 0 Å². The Morgan fingerprint density at radius 1 is 1.06 bits per heavy atom. The van der Waals surface area contributed by atoms with Gasteiger partial charge >= 0.3 is 0 Å². The van der Waals surface area contributed by atoms with E-state index >= 15 is 0 Å². The number of fused-ring (bicyclic) bond motifs is 1. The largest absolute Gasteiger partial charge is 0.376 e. The van der Waals surface area contributed by atoms with E-state index in [1.165, 1.54) is 11.1 Å². The molecule has 0 spiro atoms. The summed E-state index contributed by atoms with van der Waals surface area (Å²) in [6.45, 7) is 7.28. The van der Waals surface area contributed by atoms with Crippen LogP contribution in [0.1, 0.15) is 40.9 Å². The number of aromatic amines is 1. The zero-order chi connectivity index (χ0) is 23.5. The van der Waals surface area contributed by atoms with Gasteiger partial charge in [0.2, 0.25) is 0 Å². The number of benzene rings is 2. The minimum atomic E-state index is -0.0655. The number of rotatable bonds is 8. The second-order valence-corrected chi connectivity index (χ2v) is 9.26. The molecule has 5 rings (SSSR count). The Bertz CT molecular complexity index is 1320. The molecule has 1 fully saturated rings. The number of hydrogen-bond donors (Lipinski definition) is 1. The SMILES string of the molecule is Cc1ccc(CN(Cc2cc3cc(C)ccc3[nH]c2=O)Cc2nnnn2C[C@@H]2CCCO2)cc1. The molecule has 1 N–H and O–H groups in total. The zero-order valence-corrected chi connectivity index (χ0v) is 19.7. The summed E-state index contributed by atoms with van der Waals surface area (Å²) in [5.41, 5.74) is 5.07. The topological polar surface area (TPSA) is 88.9 Å². The molecule has 2 aromatic heterocycles. The van der Waals surface area contributed by atoms with Gasteiger partial charge in [0.15, 0.2) is 5.82 Å². The molecule has 176 valence electrons. The summed E-state index contributed by atoms with van der Waals surface area (Å²) in [7, 11) is 0. The first-order valence-electron chi connectivity index (χ1n) is 11.8. The highest BCUT2D eigenvalue weighted by atomic mass is 16.5. The van der Waals surface area contributed by atoms with E-state index in [9.17, 15) is 4.79 Å². The van der Waals surface area contributed by atoms with Crippen molar-refractivity contribution in [2.45, 2.75) is 59.0 Å². The molecule has 0 amide bonds. The molecule has 3 heterocycles. The number of hydrogen-bond acceptors (Lipinski definition) is 6. The van der Waals surface area contributed by atoms with Crippen LogP contribution < -0.4 is 5.56 Å². The van der Waals surface area contributed by atoms with Crippen molar-refractivity contribution in [1.82, 2.24) is 30.1 Å². The summed E-state index contributed by atoms with van der Waals surface area (Å²) < 4.78 is 7.62. The molecular weight excluding hydrogens is 428 g/mol. The third-order valence-corrected chi connectivity index (χ3v) is 6.37. The average Bonchev–Trinajstić information content (AvgIpc) is 3.49. The van der Waals surface area contributed by atoms with Gasteiger partial charge in [-0.1, -0.05) is 41.5 Å². The van der Waals surface area contributed by atoms with Crippen LogP contribution in [0.3, 0.4) is 0 Å². The number of aryl methyl sites for hydroxylation is 2. The van der Waals surface area contributed by atoms with Crippen LogP contribution in [0.2, 0.25) is 0 Å². The van der Waals surface area contributed by atoms with E-state index in [1.54, 1.807) is 0 Å². The number of ether oxygens (including phenoxy) is 1. The van der Waals surface area contributed by atoms with Gasteiger partial charge in [-0.25, -0.2) is 4.68 Å². The van der Waals surface area contributed by atoms with Crippen LogP contribution in [0, 0.1) is 13.8 Å². The van der Waals surface area contributed by atoms with E-state index in [0.29, 0.717) is 26.2 Å². The Labute approximate surface area is 198 Å². The molecule has 0 unspecified atom stereocenters. The fourth-order valence-electron chi connectivity index (χ4n) is 4.51. The summed E-state index contributed by atoms with van der Waals surface area (Å²) >= 11 is 0. The molecule has 4 aromatic rings. The lowest BCUT2D eigenvalue weighted by Crippen LogP contribution is -2.29. The third kappa shape index (κ3) is 5.24. The average molecular weight is 459 g/mol. The molecule has 0 radical (unpaired) electrons. The Morgan fingerprint density at radius 2 is 1.88 bits per heavy atom. The van der Waals surface area contributed by atoms with Crippen LogP contribution in [0.15, 0.2) is 53.3 Å². The van der Waals surface area contributed by atoms with Gasteiger partial charge in [0, 0.05) is 30.8 Å². The van der Waals surface area contributed by atoms with Crippen LogP contribution >= 0.6 is 0 Å². The maximum Gasteiger partial charge on any atom is 0.252 e. The third-order valence-electron chi connectivity index (χ3n) is 6.37. The first kappa shape index (κ1) is 22.4. The number of aromatic nitrogens is 5. The van der Waals surface area contributed by atoms with Crippen LogP contribution in [0.25, 0.3) is 10.9 Å². The van der Waals surface area contributed by atoms with Crippen molar-refractivity contribution in [2.24, 2.45) is 0 Å². The van der Waals surface area contributed by atoms with Crippen LogP contribution in [-0.2, 0) is 30.9 Å². The summed E-state index contributed by atoms with van der Waals surface area (Å²) in [5.74, 6) is 0.774. The van der Waals surface area contributed by atoms with E-state index < -0.39 is 0 Å². The lowest BCUT2D eigenvalue weighted by molar-refractivity contribution is 0.0914. The standard InChI is InChI=1S/C26H30N6O2/c1-18-5-8-20(9-6-18)14-31(17-25-28-29-30-32(25)16-23-4-3-11-34-23)15-22-13-21-12-19(2)7-10-24(21)27-26(22)33/h5-10,12-13,23H,3-4,11,14-17H2,1-2H3,(H,27,33)/t23-/m0/s1. The van der Waals surface area contributed by atoms with Crippen molar-refractivity contribution in [2.75, 3.05) is 6.61 Å². The predicted octanol–water partition coefficient (Wildman–Crippen LogP) is 3.51. The van der Waals surface area contributed by atoms with Crippen molar-refractivity contribution in [3.63, 3.8) is 0 Å². The van der Waals surface area contributed by atoms with Crippen molar-refractivity contribution < 1.29 is 4.74 Å². The van der Waals surface area contributed by atoms with E-state index in [-0.39, 0.29) is 11.7 Å². The maximum absolute atomic E-state index is 12.9. The van der Waals surface area contributed by atoms with Gasteiger partial charge in [-0.2, -0.15) is 0 Å². The van der Waals surface area contributed by atoms with Gasteiger partial charge in [-0.15, -0.1) is 5.10 Å². The number of tetrazole rings is 1. The van der Waals surface area contributed by atoms with Crippen molar-refractivity contribution >= 4 is 10.9 Å². The Balaban J connectivity index is 1.42. The highest BCUT2D eigenvalue weighted by molar-refractivity contribution is 5.79. The van der Waals surface area contributed by atoms with E-state index in [4.69, 9.17) is 4.74 Å². The van der Waals surface area contributed by atoms with Gasteiger partial charge in [0.05, 0.1) is 19.2 Å². The monoisotopic (exact) mass is 458 g/mol. The highest BCUT2D eigenvalue weighted by Crippen LogP contribution is 2.18. The lowest BCUT2D eigenvalue weighted by atomic mass is 10.1. The van der Waals surface area contributed by atoms with Crippen LogP contribution in [-0.4, -0.2) is 42.8 Å².